The number of aliphatic hydroxyl groups excluding tert-OH is 2. The van der Waals surface area contributed by atoms with Crippen molar-refractivity contribution in [1.82, 2.24) is 9.38 Å². The average Bonchev–Trinajstić information content (AvgIpc) is 3.60. The van der Waals surface area contributed by atoms with Crippen molar-refractivity contribution in [3.63, 3.8) is 0 Å². The van der Waals surface area contributed by atoms with E-state index in [4.69, 9.17) is 26.7 Å². The Morgan fingerprint density at radius 1 is 0.742 bits per heavy atom. The smallest absolute Gasteiger partial charge is 0.425 e. The molecule has 0 fully saturated rings. The van der Waals surface area contributed by atoms with Crippen molar-refractivity contribution >= 4 is 81.6 Å². The molecule has 6 rings (SSSR count). The van der Waals surface area contributed by atoms with Gasteiger partial charge in [0.05, 0.1) is 41.9 Å². The fourth-order valence-electron chi connectivity index (χ4n) is 5.13. The van der Waals surface area contributed by atoms with Crippen LogP contribution in [0.25, 0.3) is 16.7 Å². The van der Waals surface area contributed by atoms with Gasteiger partial charge in [-0.05, 0) is 49.4 Å². The first-order valence-electron chi connectivity index (χ1n) is 17.1. The third-order valence-corrected chi connectivity index (χ3v) is 8.45. The summed E-state index contributed by atoms with van der Waals surface area (Å²) in [7, 11) is -11.6. The number of nitriles is 1. The highest BCUT2D eigenvalue weighted by Crippen LogP contribution is 2.44. The summed E-state index contributed by atoms with van der Waals surface area (Å²) in [6.45, 7) is 0.456. The number of azo groups is 3. The van der Waals surface area contributed by atoms with E-state index in [1.54, 1.807) is 61.5 Å². The Morgan fingerprint density at radius 2 is 1.26 bits per heavy atom. The number of ether oxygens (including phenoxy) is 2. The maximum absolute atomic E-state index is 12.3. The predicted molar refractivity (Wildman–Crippen MR) is 218 cm³/mol. The van der Waals surface area contributed by atoms with E-state index < -0.39 is 35.7 Å². The van der Waals surface area contributed by atoms with Gasteiger partial charge in [0, 0.05) is 17.7 Å². The molecule has 0 atom stereocenters. The minimum Gasteiger partial charge on any atom is -0.493 e. The lowest BCUT2D eigenvalue weighted by Crippen LogP contribution is -2.04. The molecule has 0 spiro atoms. The number of benzene rings is 4. The summed E-state index contributed by atoms with van der Waals surface area (Å²) in [5.74, 6) is -0.299. The molecule has 0 aliphatic carbocycles. The summed E-state index contributed by atoms with van der Waals surface area (Å²) in [5, 5.41) is 65.2. The van der Waals surface area contributed by atoms with Gasteiger partial charge in [-0.2, -0.15) is 32.3 Å². The highest BCUT2D eigenvalue weighted by molar-refractivity contribution is 7.86. The molecule has 4 aromatic carbocycles. The van der Waals surface area contributed by atoms with Gasteiger partial charge >= 0.3 is 10.6 Å². The van der Waals surface area contributed by atoms with Gasteiger partial charge in [0.2, 0.25) is 5.88 Å². The van der Waals surface area contributed by atoms with Crippen LogP contribution in [-0.4, -0.2) is 96.0 Å². The lowest BCUT2D eigenvalue weighted by atomic mass is 10.1. The van der Waals surface area contributed by atoms with Crippen LogP contribution >= 0.6 is 0 Å². The van der Waals surface area contributed by atoms with E-state index in [1.807, 2.05) is 0 Å². The van der Waals surface area contributed by atoms with Crippen molar-refractivity contribution in [2.45, 2.75) is 11.8 Å². The second kappa shape index (κ2) is 21.4. The molecule has 0 aliphatic rings. The SMILES string of the molecule is CS(=O)(=O)O.Cc1c(N=Nc2cc(OCCO)c(N=Nc3ccc(N=Nc4ccccc4)cc3S(=O)(=O)O)cc2OCCO)c(O)n2c(nc3ccccc32)c1C#N.O=S(=O)=O. The summed E-state index contributed by atoms with van der Waals surface area (Å²) in [5.41, 5.74) is 2.18. The Labute approximate surface area is 353 Å². The van der Waals surface area contributed by atoms with Crippen molar-refractivity contribution in [3.05, 3.63) is 96.1 Å². The second-order valence-electron chi connectivity index (χ2n) is 12.0. The van der Waals surface area contributed by atoms with Gasteiger partial charge in [-0.15, -0.1) is 33.1 Å². The van der Waals surface area contributed by atoms with E-state index in [1.165, 1.54) is 28.7 Å². The van der Waals surface area contributed by atoms with E-state index in [0.717, 1.165) is 6.07 Å². The summed E-state index contributed by atoms with van der Waals surface area (Å²) in [6.07, 6.45) is 0.715. The highest BCUT2D eigenvalue weighted by atomic mass is 32.2. The molecule has 2 aromatic heterocycles. The normalized spacial score (nSPS) is 11.6. The van der Waals surface area contributed by atoms with Crippen LogP contribution in [0.15, 0.2) is 121 Å². The number of aliphatic hydroxyl groups is 2. The second-order valence-corrected chi connectivity index (χ2v) is 15.2. The summed E-state index contributed by atoms with van der Waals surface area (Å²) in [6, 6.07) is 24.3. The van der Waals surface area contributed by atoms with Crippen molar-refractivity contribution in [1.29, 1.82) is 5.26 Å². The average molecular weight is 912 g/mol. The minimum atomic E-state index is -4.81. The summed E-state index contributed by atoms with van der Waals surface area (Å²) >= 11 is 0. The molecule has 6 aromatic rings. The van der Waals surface area contributed by atoms with Crippen LogP contribution in [0.2, 0.25) is 0 Å². The van der Waals surface area contributed by atoms with E-state index in [2.05, 4.69) is 41.7 Å². The molecule has 26 heteroatoms. The third-order valence-electron chi connectivity index (χ3n) is 7.57. The molecule has 23 nitrogen and oxygen atoms in total. The third kappa shape index (κ3) is 13.2. The van der Waals surface area contributed by atoms with Crippen LogP contribution < -0.4 is 9.47 Å². The van der Waals surface area contributed by atoms with Gasteiger partial charge in [-0.25, -0.2) is 4.98 Å². The first kappa shape index (κ1) is 47.6. The first-order chi connectivity index (χ1) is 29.4. The van der Waals surface area contributed by atoms with Crippen LogP contribution in [-0.2, 0) is 30.8 Å². The number of nitrogens with zero attached hydrogens (tertiary/aromatic N) is 9. The van der Waals surface area contributed by atoms with Crippen molar-refractivity contribution in [3.8, 4) is 23.4 Å². The highest BCUT2D eigenvalue weighted by Gasteiger charge is 2.22. The van der Waals surface area contributed by atoms with Crippen molar-refractivity contribution in [2.24, 2.45) is 30.7 Å². The zero-order valence-electron chi connectivity index (χ0n) is 32.1. The molecule has 0 bridgehead atoms. The molecule has 0 amide bonds. The van der Waals surface area contributed by atoms with E-state index in [0.29, 0.717) is 28.5 Å². The van der Waals surface area contributed by atoms with Gasteiger partial charge in [0.1, 0.15) is 58.3 Å². The maximum Gasteiger partial charge on any atom is 0.425 e. The predicted octanol–water partition coefficient (Wildman–Crippen LogP) is 6.11. The van der Waals surface area contributed by atoms with Crippen molar-refractivity contribution < 1.29 is 63.4 Å². The fourth-order valence-corrected chi connectivity index (χ4v) is 5.78. The summed E-state index contributed by atoms with van der Waals surface area (Å²) in [4.78, 5) is 3.90. The minimum absolute atomic E-state index is 0.00417. The van der Waals surface area contributed by atoms with Gasteiger partial charge < -0.3 is 24.8 Å². The van der Waals surface area contributed by atoms with E-state index >= 15 is 0 Å². The quantitative estimate of drug-likeness (QED) is 0.0644. The fraction of sp³-hybridized carbons (Fsp3) is 0.167. The molecule has 0 saturated carbocycles. The number of aromatic nitrogens is 2. The molecule has 0 aliphatic heterocycles. The number of para-hydroxylation sites is 2. The summed E-state index contributed by atoms with van der Waals surface area (Å²) < 4.78 is 98.7. The largest absolute Gasteiger partial charge is 0.493 e. The van der Waals surface area contributed by atoms with Gasteiger partial charge in [-0.3, -0.25) is 13.5 Å². The van der Waals surface area contributed by atoms with Crippen LogP contribution in [0.1, 0.15) is 11.1 Å². The molecular formula is C36H33N9O14S3. The van der Waals surface area contributed by atoms with Crippen LogP contribution in [0.3, 0.4) is 0 Å². The monoisotopic (exact) mass is 911 g/mol. The molecule has 62 heavy (non-hydrogen) atoms. The van der Waals surface area contributed by atoms with Gasteiger partial charge in [0.25, 0.3) is 20.2 Å². The number of aromatic hydroxyl groups is 1. The Balaban J connectivity index is 0.000000854. The molecule has 2 heterocycles. The number of rotatable bonds is 13. The standard InChI is InChI=1S/C35H29N9O8S.CH4O3S.O3S/c1-21-24(20-36)34-37-25-9-5-6-10-29(25)44(34)35(47)33(21)43-42-28-19-30(51-15-13-45)27(18-31(28)52-16-14-46)41-40-26-12-11-23(17-32(26)53(48,49)50)39-38-22-7-3-2-4-8-22;1-5(2,3)4;1-4(2)3/h2-12,17-19,45-47H,13-16H2,1H3,(H,48,49,50);1H3,(H,2,3,4);. The first-order valence-corrected chi connectivity index (χ1v) is 21.4. The zero-order chi connectivity index (χ0) is 45.6. The lowest BCUT2D eigenvalue weighted by Gasteiger charge is -2.13. The molecule has 5 N–H and O–H groups in total. The van der Waals surface area contributed by atoms with Crippen LogP contribution in [0.5, 0.6) is 17.4 Å². The maximum atomic E-state index is 12.3. The van der Waals surface area contributed by atoms with E-state index in [9.17, 15) is 42.0 Å². The topological polar surface area (TPSA) is 354 Å². The molecule has 0 saturated heterocycles. The Hall–Kier alpha value is -7.12. The Bertz CT molecular complexity index is 3050. The van der Waals surface area contributed by atoms with Gasteiger partial charge in [0.15, 0.2) is 11.3 Å². The van der Waals surface area contributed by atoms with Crippen LogP contribution in [0.4, 0.5) is 34.1 Å². The number of imidazole rings is 1. The Morgan fingerprint density at radius 3 is 1.81 bits per heavy atom. The van der Waals surface area contributed by atoms with Gasteiger partial charge in [-0.1, -0.05) is 30.3 Å². The number of hydrogen-bond donors (Lipinski definition) is 5. The van der Waals surface area contributed by atoms with Crippen LogP contribution in [0, 0.1) is 18.3 Å². The number of fused-ring (bicyclic) bond motifs is 3. The lowest BCUT2D eigenvalue weighted by molar-refractivity contribution is 0.198. The molecular weight excluding hydrogens is 879 g/mol. The van der Waals surface area contributed by atoms with Crippen molar-refractivity contribution in [2.75, 3.05) is 32.7 Å². The zero-order valence-corrected chi connectivity index (χ0v) is 34.5. The molecule has 0 unspecified atom stereocenters. The number of pyridine rings is 1. The molecule has 0 radical (unpaired) electrons. The van der Waals surface area contributed by atoms with E-state index in [-0.39, 0.29) is 83.5 Å². The molecule has 324 valence electrons. The Kier molecular flexibility index (Phi) is 16.4. The number of hydrogen-bond acceptors (Lipinski definition) is 20.